The average Bonchev–Trinajstić information content (AvgIpc) is 2.86. The molecule has 0 heterocycles. The van der Waals surface area contributed by atoms with E-state index in [2.05, 4.69) is 21.3 Å². The Balaban J connectivity index is 2.01. The van der Waals surface area contributed by atoms with Gasteiger partial charge in [-0.3, -0.25) is 28.8 Å². The van der Waals surface area contributed by atoms with Crippen LogP contribution in [-0.4, -0.2) is 59.5 Å². The van der Waals surface area contributed by atoms with E-state index in [0.717, 1.165) is 16.7 Å². The minimum absolute atomic E-state index is 0.0613. The largest absolute Gasteiger partial charge is 0.368 e. The first kappa shape index (κ1) is 30.7. The molecule has 6 N–H and O–H groups in total. The molecule has 2 aromatic carbocycles. The summed E-state index contributed by atoms with van der Waals surface area (Å²) in [6, 6.07) is 14.2. The molecular formula is C28H35N5O6. The Morgan fingerprint density at radius 2 is 1.51 bits per heavy atom. The standard InChI is InChI=1S/C28H35N5O6/c1-17-9-8-12-20(13-17)15-22(34)32-21(14-19-10-6-5-7-11-19)25(37)31-18(2)24(36)26(38)30-16-23(35)33-28(3,4)27(29)39/h5-13,18,21H,14-16H2,1-4H3,(H2,29,39)(H,30,38)(H,31,37)(H,32,34)(H,33,35)/t18?,21-/m0/s1. The van der Waals surface area contributed by atoms with Crippen molar-refractivity contribution in [3.8, 4) is 0 Å². The predicted molar refractivity (Wildman–Crippen MR) is 144 cm³/mol. The Hall–Kier alpha value is -4.54. The summed E-state index contributed by atoms with van der Waals surface area (Å²) < 4.78 is 0. The van der Waals surface area contributed by atoms with Gasteiger partial charge in [0.25, 0.3) is 5.91 Å². The molecular weight excluding hydrogens is 502 g/mol. The number of nitrogens with two attached hydrogens (primary N) is 1. The second-order valence-corrected chi connectivity index (χ2v) is 9.79. The minimum atomic E-state index is -1.34. The normalized spacial score (nSPS) is 12.4. The number of primary amides is 1. The Bertz CT molecular complexity index is 1230. The molecule has 1 unspecified atom stereocenters. The van der Waals surface area contributed by atoms with Crippen LogP contribution in [0.15, 0.2) is 54.6 Å². The number of rotatable bonds is 13. The first-order chi connectivity index (χ1) is 18.3. The van der Waals surface area contributed by atoms with E-state index in [0.29, 0.717) is 0 Å². The lowest BCUT2D eigenvalue weighted by Gasteiger charge is -2.22. The molecule has 0 aliphatic rings. The summed E-state index contributed by atoms with van der Waals surface area (Å²) in [5.41, 5.74) is 6.42. The van der Waals surface area contributed by atoms with E-state index in [1.807, 2.05) is 37.3 Å². The van der Waals surface area contributed by atoms with Gasteiger partial charge in [0.05, 0.1) is 19.0 Å². The zero-order valence-corrected chi connectivity index (χ0v) is 22.5. The van der Waals surface area contributed by atoms with Gasteiger partial charge in [0.15, 0.2) is 0 Å². The van der Waals surface area contributed by atoms with E-state index < -0.39 is 53.6 Å². The molecule has 0 saturated carbocycles. The molecule has 0 aromatic heterocycles. The SMILES string of the molecule is Cc1cccc(CC(=O)N[C@@H](Cc2ccccc2)C(=O)NC(C)C(=O)C(=O)NCC(=O)NC(C)(C)C(N)=O)c1. The first-order valence-electron chi connectivity index (χ1n) is 12.4. The van der Waals surface area contributed by atoms with Gasteiger partial charge < -0.3 is 27.0 Å². The molecule has 11 nitrogen and oxygen atoms in total. The van der Waals surface area contributed by atoms with Gasteiger partial charge in [0.2, 0.25) is 29.4 Å². The molecule has 2 aromatic rings. The summed E-state index contributed by atoms with van der Waals surface area (Å²) in [5, 5.41) is 9.69. The third-order valence-electron chi connectivity index (χ3n) is 5.83. The number of carbonyl (C=O) groups excluding carboxylic acids is 6. The zero-order valence-electron chi connectivity index (χ0n) is 22.5. The summed E-state index contributed by atoms with van der Waals surface area (Å²) in [5.74, 6) is -4.61. The topological polar surface area (TPSA) is 177 Å². The molecule has 2 atom stereocenters. The predicted octanol–water partition coefficient (Wildman–Crippen LogP) is -0.165. The van der Waals surface area contributed by atoms with Crippen molar-refractivity contribution in [3.05, 3.63) is 71.3 Å². The Kier molecular flexibility index (Phi) is 10.9. The highest BCUT2D eigenvalue weighted by Gasteiger charge is 2.29. The highest BCUT2D eigenvalue weighted by molar-refractivity contribution is 6.38. The van der Waals surface area contributed by atoms with Gasteiger partial charge in [-0.25, -0.2) is 0 Å². The molecule has 0 fully saturated rings. The van der Waals surface area contributed by atoms with Crippen LogP contribution in [0.3, 0.4) is 0 Å². The van der Waals surface area contributed by atoms with Crippen LogP contribution < -0.4 is 27.0 Å². The van der Waals surface area contributed by atoms with Gasteiger partial charge in [-0.1, -0.05) is 60.2 Å². The van der Waals surface area contributed by atoms with Crippen molar-refractivity contribution in [2.75, 3.05) is 6.54 Å². The van der Waals surface area contributed by atoms with Gasteiger partial charge in [0.1, 0.15) is 11.6 Å². The Morgan fingerprint density at radius 1 is 0.872 bits per heavy atom. The highest BCUT2D eigenvalue weighted by Crippen LogP contribution is 2.07. The number of aryl methyl sites for hydroxylation is 1. The van der Waals surface area contributed by atoms with Crippen LogP contribution in [-0.2, 0) is 41.6 Å². The maximum absolute atomic E-state index is 13.1. The second kappa shape index (κ2) is 13.8. The fourth-order valence-corrected chi connectivity index (χ4v) is 3.59. The van der Waals surface area contributed by atoms with Crippen molar-refractivity contribution in [2.24, 2.45) is 5.73 Å². The molecule has 0 radical (unpaired) electrons. The van der Waals surface area contributed by atoms with Gasteiger partial charge in [0, 0.05) is 6.42 Å². The molecule has 0 aliphatic heterocycles. The summed E-state index contributed by atoms with van der Waals surface area (Å²) in [6.07, 6.45) is 0.223. The summed E-state index contributed by atoms with van der Waals surface area (Å²) in [4.78, 5) is 74.0. The fraction of sp³-hybridized carbons (Fsp3) is 0.357. The van der Waals surface area contributed by atoms with Crippen LogP contribution in [0.1, 0.15) is 37.5 Å². The average molecular weight is 538 g/mol. The lowest BCUT2D eigenvalue weighted by Crippen LogP contribution is -2.56. The smallest absolute Gasteiger partial charge is 0.290 e. The van der Waals surface area contributed by atoms with Crippen molar-refractivity contribution in [1.82, 2.24) is 21.3 Å². The molecule has 39 heavy (non-hydrogen) atoms. The zero-order chi connectivity index (χ0) is 29.2. The quantitative estimate of drug-likeness (QED) is 0.222. The molecule has 0 spiro atoms. The van der Waals surface area contributed by atoms with Crippen molar-refractivity contribution >= 4 is 35.3 Å². The highest BCUT2D eigenvalue weighted by atomic mass is 16.2. The number of carbonyl (C=O) groups is 6. The number of hydrogen-bond acceptors (Lipinski definition) is 6. The van der Waals surface area contributed by atoms with E-state index >= 15 is 0 Å². The Morgan fingerprint density at radius 3 is 2.13 bits per heavy atom. The summed E-state index contributed by atoms with van der Waals surface area (Å²) in [6.45, 7) is 5.44. The maximum atomic E-state index is 13.1. The maximum Gasteiger partial charge on any atom is 0.290 e. The lowest BCUT2D eigenvalue weighted by atomic mass is 10.0. The number of ketones is 1. The third kappa shape index (κ3) is 10.0. The molecule has 0 aliphatic carbocycles. The van der Waals surface area contributed by atoms with Crippen LogP contribution in [0.25, 0.3) is 0 Å². The van der Waals surface area contributed by atoms with E-state index in [9.17, 15) is 28.8 Å². The third-order valence-corrected chi connectivity index (χ3v) is 5.83. The van der Waals surface area contributed by atoms with Crippen LogP contribution in [0.2, 0.25) is 0 Å². The molecule has 2 rings (SSSR count). The monoisotopic (exact) mass is 537 g/mol. The first-order valence-corrected chi connectivity index (χ1v) is 12.4. The minimum Gasteiger partial charge on any atom is -0.368 e. The van der Waals surface area contributed by atoms with E-state index in [1.54, 1.807) is 24.3 Å². The fourth-order valence-electron chi connectivity index (χ4n) is 3.59. The molecule has 208 valence electrons. The van der Waals surface area contributed by atoms with Gasteiger partial charge in [-0.05, 0) is 38.8 Å². The van der Waals surface area contributed by atoms with E-state index in [1.165, 1.54) is 20.8 Å². The lowest BCUT2D eigenvalue weighted by molar-refractivity contribution is -0.140. The van der Waals surface area contributed by atoms with Gasteiger partial charge >= 0.3 is 0 Å². The number of amides is 5. The van der Waals surface area contributed by atoms with Crippen LogP contribution in [0.5, 0.6) is 0 Å². The van der Waals surface area contributed by atoms with Crippen molar-refractivity contribution in [2.45, 2.75) is 58.2 Å². The van der Waals surface area contributed by atoms with Crippen molar-refractivity contribution in [3.63, 3.8) is 0 Å². The van der Waals surface area contributed by atoms with Gasteiger partial charge in [-0.2, -0.15) is 0 Å². The second-order valence-electron chi connectivity index (χ2n) is 9.79. The van der Waals surface area contributed by atoms with Crippen molar-refractivity contribution in [1.29, 1.82) is 0 Å². The number of hydrogen-bond donors (Lipinski definition) is 5. The van der Waals surface area contributed by atoms with E-state index in [-0.39, 0.29) is 18.7 Å². The molecule has 0 bridgehead atoms. The Labute approximate surface area is 227 Å². The summed E-state index contributed by atoms with van der Waals surface area (Å²) in [7, 11) is 0. The number of benzene rings is 2. The van der Waals surface area contributed by atoms with Gasteiger partial charge in [-0.15, -0.1) is 0 Å². The summed E-state index contributed by atoms with van der Waals surface area (Å²) >= 11 is 0. The molecule has 5 amide bonds. The van der Waals surface area contributed by atoms with E-state index in [4.69, 9.17) is 5.73 Å². The number of Topliss-reactive ketones (excluding diaryl/α,β-unsaturated/α-hetero) is 1. The van der Waals surface area contributed by atoms with Crippen LogP contribution >= 0.6 is 0 Å². The molecule has 0 saturated heterocycles. The number of nitrogens with one attached hydrogen (secondary N) is 4. The van der Waals surface area contributed by atoms with Crippen molar-refractivity contribution < 1.29 is 28.8 Å². The van der Waals surface area contributed by atoms with Crippen LogP contribution in [0, 0.1) is 6.92 Å². The van der Waals surface area contributed by atoms with Crippen LogP contribution in [0.4, 0.5) is 0 Å². The molecule has 11 heteroatoms.